The van der Waals surface area contributed by atoms with Gasteiger partial charge in [0.25, 0.3) is 5.24 Å². The summed E-state index contributed by atoms with van der Waals surface area (Å²) in [6.45, 7) is -0.203. The van der Waals surface area contributed by atoms with Crippen molar-refractivity contribution in [2.45, 2.75) is 6.54 Å². The molecule has 20 heavy (non-hydrogen) atoms. The number of benzene rings is 1. The lowest BCUT2D eigenvalue weighted by Crippen LogP contribution is -2.07. The van der Waals surface area contributed by atoms with Gasteiger partial charge in [0, 0.05) is 22.7 Å². The third kappa shape index (κ3) is 2.71. The minimum atomic E-state index is -0.977. The van der Waals surface area contributed by atoms with E-state index in [-0.39, 0.29) is 12.1 Å². The molecule has 0 aliphatic carbocycles. The second kappa shape index (κ2) is 5.59. The van der Waals surface area contributed by atoms with Crippen LogP contribution in [0.3, 0.4) is 0 Å². The quantitative estimate of drug-likeness (QED) is 0.532. The van der Waals surface area contributed by atoms with Gasteiger partial charge >= 0.3 is 5.97 Å². The predicted molar refractivity (Wildman–Crippen MR) is 74.0 cm³/mol. The third-order valence-electron chi connectivity index (χ3n) is 2.76. The van der Waals surface area contributed by atoms with E-state index in [9.17, 15) is 9.59 Å². The molecule has 1 N–H and O–H groups in total. The lowest BCUT2D eigenvalue weighted by Gasteiger charge is -1.99. The Kier molecular flexibility index (Phi) is 3.87. The summed E-state index contributed by atoms with van der Waals surface area (Å²) in [5.74, 6) is -0.977. The van der Waals surface area contributed by atoms with E-state index in [2.05, 4.69) is 0 Å². The van der Waals surface area contributed by atoms with E-state index in [0.29, 0.717) is 11.1 Å². The van der Waals surface area contributed by atoms with E-state index in [1.165, 1.54) is 10.6 Å². The molecule has 1 heterocycles. The number of nitrogens with zero attached hydrogens (tertiary/aromatic N) is 2. The van der Waals surface area contributed by atoms with Gasteiger partial charge in [0.1, 0.15) is 18.2 Å². The van der Waals surface area contributed by atoms with Crippen LogP contribution in [0.1, 0.15) is 5.56 Å². The highest BCUT2D eigenvalue weighted by atomic mass is 35.5. The molecule has 0 aliphatic rings. The number of halogens is 1. The second-order valence-electron chi connectivity index (χ2n) is 4.07. The fourth-order valence-corrected chi connectivity index (χ4v) is 2.05. The maximum absolute atomic E-state index is 11.1. The molecule has 0 atom stereocenters. The Morgan fingerprint density at radius 2 is 2.10 bits per heavy atom. The number of carbonyl (C=O) groups is 2. The third-order valence-corrected chi connectivity index (χ3v) is 2.96. The summed E-state index contributed by atoms with van der Waals surface area (Å²) in [4.78, 5) is 21.9. The summed E-state index contributed by atoms with van der Waals surface area (Å²) < 4.78 is 1.54. The average Bonchev–Trinajstić information content (AvgIpc) is 2.73. The smallest absolute Gasteiger partial charge is 0.323 e. The lowest BCUT2D eigenvalue weighted by atomic mass is 10.1. The Morgan fingerprint density at radius 3 is 2.70 bits per heavy atom. The first kappa shape index (κ1) is 13.8. The number of hydrogen-bond acceptors (Lipinski definition) is 3. The minimum Gasteiger partial charge on any atom is -0.480 e. The van der Waals surface area contributed by atoms with Crippen LogP contribution in [-0.2, 0) is 16.1 Å². The van der Waals surface area contributed by atoms with Crippen molar-refractivity contribution in [3.05, 3.63) is 41.6 Å². The molecule has 0 bridgehead atoms. The molecule has 0 saturated heterocycles. The Bertz CT molecular complexity index is 768. The Morgan fingerprint density at radius 1 is 1.40 bits per heavy atom. The van der Waals surface area contributed by atoms with Gasteiger partial charge in [-0.15, -0.1) is 0 Å². The van der Waals surface area contributed by atoms with Gasteiger partial charge in [-0.05, 0) is 23.7 Å². The van der Waals surface area contributed by atoms with Crippen LogP contribution < -0.4 is 0 Å². The van der Waals surface area contributed by atoms with Gasteiger partial charge in [0.05, 0.1) is 0 Å². The number of carbonyl (C=O) groups excluding carboxylic acids is 1. The fourth-order valence-electron chi connectivity index (χ4n) is 1.96. The zero-order valence-electron chi connectivity index (χ0n) is 10.2. The van der Waals surface area contributed by atoms with Crippen LogP contribution >= 0.6 is 11.6 Å². The van der Waals surface area contributed by atoms with E-state index in [4.69, 9.17) is 22.0 Å². The molecule has 1 aromatic heterocycles. The number of aromatic nitrogens is 1. The van der Waals surface area contributed by atoms with Crippen molar-refractivity contribution in [1.29, 1.82) is 5.26 Å². The van der Waals surface area contributed by atoms with Gasteiger partial charge in [-0.2, -0.15) is 5.26 Å². The van der Waals surface area contributed by atoms with Crippen LogP contribution in [0.5, 0.6) is 0 Å². The van der Waals surface area contributed by atoms with Gasteiger partial charge in [0.15, 0.2) is 0 Å². The number of aliphatic carboxylic acids is 1. The number of para-hydroxylation sites is 1. The van der Waals surface area contributed by atoms with Crippen molar-refractivity contribution in [1.82, 2.24) is 4.57 Å². The molecule has 2 aromatic rings. The topological polar surface area (TPSA) is 83.1 Å². The van der Waals surface area contributed by atoms with Crippen molar-refractivity contribution in [2.75, 3.05) is 0 Å². The van der Waals surface area contributed by atoms with E-state index < -0.39 is 11.2 Å². The number of allylic oxidation sites excluding steroid dienone is 1. The molecule has 5 nitrogen and oxygen atoms in total. The zero-order valence-corrected chi connectivity index (χ0v) is 11.0. The van der Waals surface area contributed by atoms with E-state index in [1.54, 1.807) is 36.5 Å². The molecule has 0 amide bonds. The molecular formula is C14H9ClN2O3. The van der Waals surface area contributed by atoms with Crippen LogP contribution in [0.25, 0.3) is 17.0 Å². The lowest BCUT2D eigenvalue weighted by molar-refractivity contribution is -0.137. The maximum Gasteiger partial charge on any atom is 0.323 e. The van der Waals surface area contributed by atoms with Crippen LogP contribution in [-0.4, -0.2) is 20.9 Å². The summed E-state index contributed by atoms with van der Waals surface area (Å²) in [5, 5.41) is 17.7. The fraction of sp³-hybridized carbons (Fsp3) is 0.0714. The Labute approximate surface area is 119 Å². The molecule has 0 radical (unpaired) electrons. The number of hydrogen-bond donors (Lipinski definition) is 1. The van der Waals surface area contributed by atoms with Gasteiger partial charge in [-0.3, -0.25) is 9.59 Å². The highest BCUT2D eigenvalue weighted by Crippen LogP contribution is 2.23. The summed E-state index contributed by atoms with van der Waals surface area (Å²) in [7, 11) is 0. The van der Waals surface area contributed by atoms with E-state index in [0.717, 1.165) is 5.39 Å². The molecule has 6 heteroatoms. The van der Waals surface area contributed by atoms with E-state index in [1.807, 2.05) is 0 Å². The predicted octanol–water partition coefficient (Wildman–Crippen LogP) is 2.40. The van der Waals surface area contributed by atoms with Gasteiger partial charge < -0.3 is 9.67 Å². The first-order chi connectivity index (χ1) is 9.52. The molecular weight excluding hydrogens is 280 g/mol. The molecule has 0 fully saturated rings. The van der Waals surface area contributed by atoms with Crippen molar-refractivity contribution in [2.24, 2.45) is 0 Å². The second-order valence-corrected chi connectivity index (χ2v) is 4.41. The van der Waals surface area contributed by atoms with E-state index >= 15 is 0 Å². The Hall–Kier alpha value is -2.58. The molecule has 1 aromatic carbocycles. The highest BCUT2D eigenvalue weighted by Gasteiger charge is 2.11. The molecule has 0 unspecified atom stereocenters. The number of rotatable bonds is 4. The normalized spacial score (nSPS) is 11.3. The molecule has 0 aliphatic heterocycles. The van der Waals surface area contributed by atoms with Crippen molar-refractivity contribution >= 4 is 39.8 Å². The van der Waals surface area contributed by atoms with Crippen LogP contribution in [0.15, 0.2) is 36.0 Å². The summed E-state index contributed by atoms with van der Waals surface area (Å²) >= 11 is 5.31. The molecule has 2 rings (SSSR count). The summed E-state index contributed by atoms with van der Waals surface area (Å²) in [6.07, 6.45) is 2.94. The summed E-state index contributed by atoms with van der Waals surface area (Å²) in [5.41, 5.74) is 1.10. The standard InChI is InChI=1S/C14H9ClN2O3/c15-14(20)9(6-16)5-10-7-17(8-13(18)19)12-4-2-1-3-11(10)12/h1-5,7H,8H2,(H,18,19)/b9-5+. The first-order valence-electron chi connectivity index (χ1n) is 5.64. The summed E-state index contributed by atoms with van der Waals surface area (Å²) in [6, 6.07) is 8.85. The number of nitriles is 1. The average molecular weight is 289 g/mol. The minimum absolute atomic E-state index is 0.190. The van der Waals surface area contributed by atoms with Gasteiger partial charge in [-0.25, -0.2) is 0 Å². The number of carboxylic acids is 1. The number of fused-ring (bicyclic) bond motifs is 1. The zero-order chi connectivity index (χ0) is 14.7. The van der Waals surface area contributed by atoms with Gasteiger partial charge in [0.2, 0.25) is 0 Å². The van der Waals surface area contributed by atoms with Crippen LogP contribution in [0, 0.1) is 11.3 Å². The SMILES string of the molecule is N#C/C(=C\c1cn(CC(=O)O)c2ccccc12)C(=O)Cl. The highest BCUT2D eigenvalue weighted by molar-refractivity contribution is 6.68. The number of carboxylic acid groups (broad SMARTS) is 1. The van der Waals surface area contributed by atoms with Crippen LogP contribution in [0.2, 0.25) is 0 Å². The maximum atomic E-state index is 11.1. The van der Waals surface area contributed by atoms with Crippen molar-refractivity contribution in [3.8, 4) is 6.07 Å². The Balaban J connectivity index is 2.63. The molecule has 0 spiro atoms. The monoisotopic (exact) mass is 288 g/mol. The largest absolute Gasteiger partial charge is 0.480 e. The first-order valence-corrected chi connectivity index (χ1v) is 6.02. The van der Waals surface area contributed by atoms with Gasteiger partial charge in [-0.1, -0.05) is 18.2 Å². The molecule has 0 saturated carbocycles. The van der Waals surface area contributed by atoms with Crippen molar-refractivity contribution < 1.29 is 14.7 Å². The van der Waals surface area contributed by atoms with Crippen molar-refractivity contribution in [3.63, 3.8) is 0 Å². The molecule has 100 valence electrons. The van der Waals surface area contributed by atoms with Crippen LogP contribution in [0.4, 0.5) is 0 Å².